The third-order valence-electron chi connectivity index (χ3n) is 5.28. The molecular formula is C22H35IN6O2. The molecule has 0 amide bonds. The largest absolute Gasteiger partial charge is 0.372 e. The SMILES string of the molecule is CCc1noc(CC)c1CNC(=NC)NCc1ccc(N2CC(C)OC(C)C2)nc1.I. The van der Waals surface area contributed by atoms with E-state index < -0.39 is 0 Å². The number of guanidine groups is 1. The summed E-state index contributed by atoms with van der Waals surface area (Å²) in [5.74, 6) is 2.66. The van der Waals surface area contributed by atoms with Crippen LogP contribution in [0.3, 0.4) is 0 Å². The zero-order valence-electron chi connectivity index (χ0n) is 19.1. The van der Waals surface area contributed by atoms with Gasteiger partial charge in [-0.05, 0) is 31.9 Å². The Bertz CT molecular complexity index is 808. The van der Waals surface area contributed by atoms with Crippen LogP contribution in [0.15, 0.2) is 27.8 Å². The average molecular weight is 542 g/mol. The summed E-state index contributed by atoms with van der Waals surface area (Å²) in [4.78, 5) is 11.3. The molecule has 0 radical (unpaired) electrons. The van der Waals surface area contributed by atoms with Crippen LogP contribution in [-0.2, 0) is 30.7 Å². The molecule has 8 nitrogen and oxygen atoms in total. The Kier molecular flexibility index (Phi) is 10.0. The summed E-state index contributed by atoms with van der Waals surface area (Å²) in [6.07, 6.45) is 4.04. The number of pyridine rings is 1. The van der Waals surface area contributed by atoms with Crippen LogP contribution in [0, 0.1) is 0 Å². The molecule has 0 aliphatic carbocycles. The van der Waals surface area contributed by atoms with E-state index >= 15 is 0 Å². The Morgan fingerprint density at radius 3 is 2.42 bits per heavy atom. The Hall–Kier alpha value is -1.88. The molecule has 1 fully saturated rings. The summed E-state index contributed by atoms with van der Waals surface area (Å²) >= 11 is 0. The lowest BCUT2D eigenvalue weighted by molar-refractivity contribution is -0.00545. The number of morpholine rings is 1. The molecule has 2 aromatic heterocycles. The molecule has 2 N–H and O–H groups in total. The Balaban J connectivity index is 0.00000341. The monoisotopic (exact) mass is 542 g/mol. The minimum atomic E-state index is 0. The number of nitrogens with one attached hydrogen (secondary N) is 2. The number of ether oxygens (including phenoxy) is 1. The summed E-state index contributed by atoms with van der Waals surface area (Å²) in [6, 6.07) is 4.19. The summed E-state index contributed by atoms with van der Waals surface area (Å²) < 4.78 is 11.2. The fourth-order valence-corrected chi connectivity index (χ4v) is 3.79. The molecule has 9 heteroatoms. The highest BCUT2D eigenvalue weighted by atomic mass is 127. The normalized spacial score (nSPS) is 19.1. The summed E-state index contributed by atoms with van der Waals surface area (Å²) in [6.45, 7) is 11.4. The number of rotatable bonds is 7. The van der Waals surface area contributed by atoms with Gasteiger partial charge in [0.15, 0.2) is 5.96 Å². The summed E-state index contributed by atoms with van der Waals surface area (Å²) in [5, 5.41) is 10.9. The fraction of sp³-hybridized carbons (Fsp3) is 0.591. The molecule has 2 unspecified atom stereocenters. The first-order valence-corrected chi connectivity index (χ1v) is 10.8. The number of aryl methyl sites for hydroxylation is 2. The smallest absolute Gasteiger partial charge is 0.191 e. The van der Waals surface area contributed by atoms with Crippen LogP contribution in [0.25, 0.3) is 0 Å². The van der Waals surface area contributed by atoms with E-state index in [9.17, 15) is 0 Å². The third-order valence-corrected chi connectivity index (χ3v) is 5.28. The second-order valence-corrected chi connectivity index (χ2v) is 7.70. The topological polar surface area (TPSA) is 87.8 Å². The Labute approximate surface area is 202 Å². The molecular weight excluding hydrogens is 507 g/mol. The van der Waals surface area contributed by atoms with Gasteiger partial charge < -0.3 is 24.8 Å². The van der Waals surface area contributed by atoms with E-state index in [1.165, 1.54) is 0 Å². The molecule has 3 heterocycles. The highest BCUT2D eigenvalue weighted by Gasteiger charge is 2.23. The minimum Gasteiger partial charge on any atom is -0.372 e. The van der Waals surface area contributed by atoms with Crippen LogP contribution in [0.4, 0.5) is 5.82 Å². The van der Waals surface area contributed by atoms with Gasteiger partial charge in [-0.3, -0.25) is 4.99 Å². The molecule has 0 bridgehead atoms. The van der Waals surface area contributed by atoms with E-state index in [1.54, 1.807) is 7.05 Å². The molecule has 2 aromatic rings. The van der Waals surface area contributed by atoms with Gasteiger partial charge in [-0.25, -0.2) is 4.98 Å². The number of hydrogen-bond acceptors (Lipinski definition) is 6. The second-order valence-electron chi connectivity index (χ2n) is 7.70. The van der Waals surface area contributed by atoms with Crippen molar-refractivity contribution in [2.24, 2.45) is 4.99 Å². The van der Waals surface area contributed by atoms with Gasteiger partial charge in [0, 0.05) is 51.4 Å². The number of aliphatic imine (C=N–C) groups is 1. The average Bonchev–Trinajstić information content (AvgIpc) is 3.15. The lowest BCUT2D eigenvalue weighted by Crippen LogP contribution is -2.45. The van der Waals surface area contributed by atoms with Crippen molar-refractivity contribution in [2.45, 2.75) is 65.8 Å². The lowest BCUT2D eigenvalue weighted by atomic mass is 10.1. The molecule has 1 saturated heterocycles. The van der Waals surface area contributed by atoms with Crippen LogP contribution in [-0.4, -0.2) is 48.4 Å². The summed E-state index contributed by atoms with van der Waals surface area (Å²) in [7, 11) is 1.77. The van der Waals surface area contributed by atoms with Crippen molar-refractivity contribution in [3.63, 3.8) is 0 Å². The first-order chi connectivity index (χ1) is 14.5. The third kappa shape index (κ3) is 6.80. The first kappa shape index (κ1) is 25.4. The Morgan fingerprint density at radius 1 is 1.13 bits per heavy atom. The maximum absolute atomic E-state index is 5.81. The zero-order chi connectivity index (χ0) is 21.5. The highest BCUT2D eigenvalue weighted by molar-refractivity contribution is 14.0. The Morgan fingerprint density at radius 2 is 1.84 bits per heavy atom. The van der Waals surface area contributed by atoms with Crippen LogP contribution < -0.4 is 15.5 Å². The summed E-state index contributed by atoms with van der Waals surface area (Å²) in [5.41, 5.74) is 3.23. The van der Waals surface area contributed by atoms with E-state index in [0.29, 0.717) is 13.1 Å². The van der Waals surface area contributed by atoms with Gasteiger partial charge in [-0.15, -0.1) is 24.0 Å². The zero-order valence-corrected chi connectivity index (χ0v) is 21.5. The maximum atomic E-state index is 5.81. The van der Waals surface area contributed by atoms with E-state index in [-0.39, 0.29) is 36.2 Å². The number of aromatic nitrogens is 2. The van der Waals surface area contributed by atoms with Crippen LogP contribution in [0.1, 0.15) is 50.3 Å². The number of anilines is 1. The van der Waals surface area contributed by atoms with E-state index in [0.717, 1.165) is 60.3 Å². The predicted octanol–water partition coefficient (Wildman–Crippen LogP) is 3.29. The molecule has 0 aromatic carbocycles. The quantitative estimate of drug-likeness (QED) is 0.316. The fourth-order valence-electron chi connectivity index (χ4n) is 3.79. The van der Waals surface area contributed by atoms with Crippen molar-refractivity contribution in [1.82, 2.24) is 20.8 Å². The molecule has 31 heavy (non-hydrogen) atoms. The highest BCUT2D eigenvalue weighted by Crippen LogP contribution is 2.18. The van der Waals surface area contributed by atoms with Crippen LogP contribution in [0.5, 0.6) is 0 Å². The van der Waals surface area contributed by atoms with Gasteiger partial charge in [0.05, 0.1) is 17.9 Å². The van der Waals surface area contributed by atoms with Crippen molar-refractivity contribution in [2.75, 3.05) is 25.0 Å². The molecule has 1 aliphatic rings. The van der Waals surface area contributed by atoms with Gasteiger partial charge in [0.1, 0.15) is 11.6 Å². The first-order valence-electron chi connectivity index (χ1n) is 10.8. The van der Waals surface area contributed by atoms with E-state index in [2.05, 4.69) is 70.5 Å². The van der Waals surface area contributed by atoms with Gasteiger partial charge in [-0.1, -0.05) is 25.1 Å². The van der Waals surface area contributed by atoms with E-state index in [4.69, 9.17) is 9.26 Å². The number of hydrogen-bond donors (Lipinski definition) is 2. The molecule has 0 saturated carbocycles. The van der Waals surface area contributed by atoms with E-state index in [1.807, 2.05) is 6.20 Å². The van der Waals surface area contributed by atoms with Gasteiger partial charge in [-0.2, -0.15) is 0 Å². The molecule has 0 spiro atoms. The molecule has 3 rings (SSSR count). The van der Waals surface area contributed by atoms with Gasteiger partial charge in [0.25, 0.3) is 0 Å². The number of nitrogens with zero attached hydrogens (tertiary/aromatic N) is 4. The van der Waals surface area contributed by atoms with Crippen molar-refractivity contribution in [1.29, 1.82) is 0 Å². The van der Waals surface area contributed by atoms with Crippen LogP contribution >= 0.6 is 24.0 Å². The standard InChI is InChI=1S/C22H34N6O2.HI/c1-6-19-18(20(7-2)30-27-19)12-26-22(23-5)25-11-17-8-9-21(24-10-17)28-13-15(3)29-16(4)14-28;/h8-10,15-16H,6-7,11-14H2,1-5H3,(H2,23,25,26);1H. The van der Waals surface area contributed by atoms with Crippen molar-refractivity contribution in [3.05, 3.63) is 40.9 Å². The lowest BCUT2D eigenvalue weighted by Gasteiger charge is -2.36. The van der Waals surface area contributed by atoms with Crippen molar-refractivity contribution >= 4 is 35.8 Å². The molecule has 2 atom stereocenters. The maximum Gasteiger partial charge on any atom is 0.191 e. The van der Waals surface area contributed by atoms with Crippen molar-refractivity contribution in [3.8, 4) is 0 Å². The minimum absolute atomic E-state index is 0. The second kappa shape index (κ2) is 12.2. The number of halogens is 1. The molecule has 1 aliphatic heterocycles. The van der Waals surface area contributed by atoms with Gasteiger partial charge >= 0.3 is 0 Å². The van der Waals surface area contributed by atoms with Gasteiger partial charge in [0.2, 0.25) is 0 Å². The van der Waals surface area contributed by atoms with Crippen molar-refractivity contribution < 1.29 is 9.26 Å². The molecule has 172 valence electrons. The van der Waals surface area contributed by atoms with Crippen LogP contribution in [0.2, 0.25) is 0 Å². The predicted molar refractivity (Wildman–Crippen MR) is 134 cm³/mol.